The summed E-state index contributed by atoms with van der Waals surface area (Å²) in [6.45, 7) is 4.51. The molecule has 0 bridgehead atoms. The summed E-state index contributed by atoms with van der Waals surface area (Å²) in [6.07, 6.45) is 8.21. The van der Waals surface area contributed by atoms with Crippen LogP contribution in [0.4, 0.5) is 0 Å². The molecule has 0 amide bonds. The predicted molar refractivity (Wildman–Crippen MR) is 60.3 cm³/mol. The second-order valence-electron chi connectivity index (χ2n) is 3.43. The molecule has 0 saturated carbocycles. The van der Waals surface area contributed by atoms with Gasteiger partial charge in [0.15, 0.2) is 0 Å². The Hall–Kier alpha value is 0.833. The van der Waals surface area contributed by atoms with Crippen molar-refractivity contribution in [3.8, 4) is 0 Å². The fourth-order valence-corrected chi connectivity index (χ4v) is 5.83. The molecule has 0 fully saturated rings. The fraction of sp³-hybridized carbons (Fsp3) is 1.00. The Morgan fingerprint density at radius 3 is 1.58 bits per heavy atom. The molecule has 0 aliphatic carbocycles. The van der Waals surface area contributed by atoms with Crippen LogP contribution < -0.4 is 0 Å². The molecule has 0 aromatic carbocycles. The molecule has 2 heteroatoms. The monoisotopic (exact) mass is 251 g/mol. The molecular weight excluding hydrogens is 228 g/mol. The Bertz CT molecular complexity index is 75.9. The quantitative estimate of drug-likeness (QED) is 0.436. The Morgan fingerprint density at radius 1 is 0.833 bits per heavy atom. The third-order valence-corrected chi connectivity index (χ3v) is 7.83. The van der Waals surface area contributed by atoms with Gasteiger partial charge in [-0.1, -0.05) is 0 Å². The normalized spacial score (nSPS) is 11.0. The molecule has 0 aromatic rings. The van der Waals surface area contributed by atoms with Crippen molar-refractivity contribution in [2.24, 2.45) is 0 Å². The molecule has 73 valence electrons. The predicted octanol–water partition coefficient (Wildman–Crippen LogP) is 4.60. The van der Waals surface area contributed by atoms with Crippen LogP contribution in [0.3, 0.4) is 0 Å². The van der Waals surface area contributed by atoms with Crippen LogP contribution in [-0.2, 0) is 0 Å². The van der Waals surface area contributed by atoms with Gasteiger partial charge in [-0.15, -0.1) is 0 Å². The van der Waals surface area contributed by atoms with Crippen LogP contribution in [0.5, 0.6) is 0 Å². The first-order chi connectivity index (χ1) is 5.81. The van der Waals surface area contributed by atoms with Crippen molar-refractivity contribution in [3.63, 3.8) is 0 Å². The van der Waals surface area contributed by atoms with Crippen LogP contribution in [0.1, 0.15) is 52.4 Å². The van der Waals surface area contributed by atoms with Crippen LogP contribution in [-0.4, -0.2) is 13.4 Å². The van der Waals surface area contributed by atoms with Gasteiger partial charge in [-0.3, -0.25) is 0 Å². The van der Waals surface area contributed by atoms with Crippen molar-refractivity contribution in [2.45, 2.75) is 62.9 Å². The first-order valence-corrected chi connectivity index (χ1v) is 11.0. The minimum absolute atomic E-state index is 1.04. The summed E-state index contributed by atoms with van der Waals surface area (Å²) in [5.41, 5.74) is 0. The van der Waals surface area contributed by atoms with Gasteiger partial charge in [0.25, 0.3) is 0 Å². The number of unbranched alkanes of at least 4 members (excludes halogenated alkanes) is 4. The van der Waals surface area contributed by atoms with Crippen LogP contribution in [0.2, 0.25) is 10.5 Å². The zero-order chi connectivity index (χ0) is 9.23. The number of rotatable bonds is 8. The van der Waals surface area contributed by atoms with Gasteiger partial charge < -0.3 is 0 Å². The van der Waals surface area contributed by atoms with Gasteiger partial charge in [-0.25, -0.2) is 0 Å². The summed E-state index contributed by atoms with van der Waals surface area (Å²) >= 11 is -1.04. The molecule has 0 aliphatic rings. The van der Waals surface area contributed by atoms with E-state index < -0.39 is 13.4 Å². The molecular formula is C10H22ClGe. The summed E-state index contributed by atoms with van der Waals surface area (Å²) in [5.74, 6) is 0. The van der Waals surface area contributed by atoms with Gasteiger partial charge in [0.1, 0.15) is 0 Å². The second kappa shape index (κ2) is 9.92. The Kier molecular flexibility index (Phi) is 10.6. The van der Waals surface area contributed by atoms with E-state index in [0.29, 0.717) is 0 Å². The van der Waals surface area contributed by atoms with Crippen molar-refractivity contribution >= 4 is 23.4 Å². The maximum absolute atomic E-state index is 6.32. The zero-order valence-corrected chi connectivity index (χ0v) is 11.4. The van der Waals surface area contributed by atoms with E-state index in [0.717, 1.165) is 0 Å². The standard InChI is InChI=1S/C10H22ClGe/c1-3-5-7-9-12(11)10-8-6-4-2/h3-10H2,1-2H3. The van der Waals surface area contributed by atoms with Crippen LogP contribution in [0.25, 0.3) is 0 Å². The topological polar surface area (TPSA) is 0 Å². The Labute approximate surface area is 86.4 Å². The molecule has 12 heavy (non-hydrogen) atoms. The van der Waals surface area contributed by atoms with E-state index in [9.17, 15) is 0 Å². The molecule has 0 saturated heterocycles. The molecule has 0 unspecified atom stereocenters. The zero-order valence-electron chi connectivity index (χ0n) is 8.53. The Balaban J connectivity index is 3.04. The van der Waals surface area contributed by atoms with E-state index in [1.54, 1.807) is 0 Å². The van der Waals surface area contributed by atoms with Gasteiger partial charge in [0.2, 0.25) is 0 Å². The van der Waals surface area contributed by atoms with Crippen molar-refractivity contribution in [3.05, 3.63) is 0 Å². The third kappa shape index (κ3) is 8.93. The third-order valence-electron chi connectivity index (χ3n) is 2.10. The molecule has 0 aromatic heterocycles. The van der Waals surface area contributed by atoms with Gasteiger partial charge in [-0.2, -0.15) is 0 Å². The average molecular weight is 250 g/mol. The fourth-order valence-electron chi connectivity index (χ4n) is 1.26. The number of hydrogen-bond donors (Lipinski definition) is 0. The summed E-state index contributed by atoms with van der Waals surface area (Å²) in [7, 11) is 6.32. The first kappa shape index (κ1) is 12.8. The summed E-state index contributed by atoms with van der Waals surface area (Å²) in [4.78, 5) is 0. The average Bonchev–Trinajstić information content (AvgIpc) is 2.06. The summed E-state index contributed by atoms with van der Waals surface area (Å²) < 4.78 is 0. The number of hydrogen-bond acceptors (Lipinski definition) is 0. The minimum atomic E-state index is -1.04. The molecule has 0 spiro atoms. The van der Waals surface area contributed by atoms with Crippen molar-refractivity contribution < 1.29 is 0 Å². The van der Waals surface area contributed by atoms with E-state index in [2.05, 4.69) is 13.8 Å². The van der Waals surface area contributed by atoms with Crippen molar-refractivity contribution in [1.29, 1.82) is 0 Å². The van der Waals surface area contributed by atoms with E-state index in [1.807, 2.05) is 0 Å². The number of halogens is 1. The van der Waals surface area contributed by atoms with E-state index in [1.165, 1.54) is 49.0 Å². The van der Waals surface area contributed by atoms with Gasteiger partial charge >= 0.3 is 86.3 Å². The molecule has 0 N–H and O–H groups in total. The first-order valence-electron chi connectivity index (χ1n) is 5.31. The van der Waals surface area contributed by atoms with E-state index >= 15 is 0 Å². The molecule has 0 atom stereocenters. The van der Waals surface area contributed by atoms with E-state index in [4.69, 9.17) is 10.0 Å². The van der Waals surface area contributed by atoms with Gasteiger partial charge in [0.05, 0.1) is 0 Å². The summed E-state index contributed by atoms with van der Waals surface area (Å²) in [5, 5.41) is 2.78. The van der Waals surface area contributed by atoms with Crippen molar-refractivity contribution in [2.75, 3.05) is 0 Å². The van der Waals surface area contributed by atoms with Crippen molar-refractivity contribution in [1.82, 2.24) is 0 Å². The second-order valence-corrected chi connectivity index (χ2v) is 10.5. The van der Waals surface area contributed by atoms with E-state index in [-0.39, 0.29) is 0 Å². The maximum atomic E-state index is 6.32. The molecule has 0 heterocycles. The van der Waals surface area contributed by atoms with Crippen LogP contribution in [0.15, 0.2) is 0 Å². The summed E-state index contributed by atoms with van der Waals surface area (Å²) in [6, 6.07) is 0. The van der Waals surface area contributed by atoms with Crippen LogP contribution in [0, 0.1) is 0 Å². The van der Waals surface area contributed by atoms with Crippen LogP contribution >= 0.6 is 10.0 Å². The van der Waals surface area contributed by atoms with Gasteiger partial charge in [-0.05, 0) is 0 Å². The Morgan fingerprint density at radius 2 is 1.25 bits per heavy atom. The molecule has 0 aliphatic heterocycles. The van der Waals surface area contributed by atoms with Gasteiger partial charge in [0, 0.05) is 0 Å². The molecule has 0 nitrogen and oxygen atoms in total. The molecule has 1 radical (unpaired) electrons. The SMILES string of the molecule is CCCC[CH2][Ge]([Cl])[CH2]CCCC. The molecule has 0 rings (SSSR count).